The van der Waals surface area contributed by atoms with Gasteiger partial charge in [-0.25, -0.2) is 19.1 Å². The number of rotatable bonds is 13. The summed E-state index contributed by atoms with van der Waals surface area (Å²) in [5, 5.41) is 27.8. The Morgan fingerprint density at radius 3 is 2.63 bits per heavy atom. The fraction of sp³-hybridized carbons (Fsp3) is 0.400. The van der Waals surface area contributed by atoms with Gasteiger partial charge in [0.05, 0.1) is 0 Å². The second-order valence-electron chi connectivity index (χ2n) is 9.57. The highest BCUT2D eigenvalue weighted by atomic mass is 35.5. The number of nitrogen functional groups attached to an aromatic ring is 1. The number of hydrogen-bond donors (Lipinski definition) is 5. The average Bonchev–Trinajstić information content (AvgIpc) is 3.31. The van der Waals surface area contributed by atoms with Crippen LogP contribution in [0.5, 0.6) is 0 Å². The van der Waals surface area contributed by atoms with Crippen molar-refractivity contribution in [3.8, 4) is 0 Å². The van der Waals surface area contributed by atoms with Gasteiger partial charge in [0.2, 0.25) is 6.10 Å². The zero-order valence-electron chi connectivity index (χ0n) is 23.3. The number of oxime groups is 1. The zero-order chi connectivity index (χ0) is 31.4. The van der Waals surface area contributed by atoms with E-state index in [1.165, 1.54) is 18.7 Å². The van der Waals surface area contributed by atoms with Crippen molar-refractivity contribution >= 4 is 75.0 Å². The molecule has 2 amide bonds. The van der Waals surface area contributed by atoms with Crippen molar-refractivity contribution in [1.29, 1.82) is 0 Å². The first kappa shape index (κ1) is 32.0. The first-order valence-corrected chi connectivity index (χ1v) is 15.1. The number of aliphatic carboxylic acids is 2. The molecule has 2 aliphatic rings. The van der Waals surface area contributed by atoms with Crippen molar-refractivity contribution in [3.63, 3.8) is 0 Å². The van der Waals surface area contributed by atoms with E-state index in [9.17, 15) is 24.3 Å². The number of thiazole rings is 1. The molecule has 18 heteroatoms. The Hall–Kier alpha value is -3.93. The second-order valence-corrected chi connectivity index (χ2v) is 12.3. The van der Waals surface area contributed by atoms with Gasteiger partial charge in [-0.2, -0.15) is 0 Å². The van der Waals surface area contributed by atoms with Crippen molar-refractivity contribution in [2.24, 2.45) is 5.16 Å². The molecule has 0 radical (unpaired) electrons. The molecule has 3 atom stereocenters. The van der Waals surface area contributed by atoms with Crippen LogP contribution in [0.1, 0.15) is 12.6 Å². The number of nitrogens with one attached hydrogen (secondary N) is 2. The van der Waals surface area contributed by atoms with Crippen LogP contribution in [0.4, 0.5) is 10.8 Å². The minimum absolute atomic E-state index is 0.00228. The summed E-state index contributed by atoms with van der Waals surface area (Å²) >= 11 is 8.32. The lowest BCUT2D eigenvalue weighted by Crippen LogP contribution is -2.71. The monoisotopic (exact) mass is 653 g/mol. The number of carbonyl (C=O) groups excluding carboxylic acids is 2. The fourth-order valence-electron chi connectivity index (χ4n) is 4.29. The molecule has 2 aliphatic heterocycles. The minimum atomic E-state index is -1.40. The number of carboxylic acid groups (broad SMARTS) is 2. The summed E-state index contributed by atoms with van der Waals surface area (Å²) in [6.07, 6.45) is 2.29. The molecule has 0 spiro atoms. The quantitative estimate of drug-likeness (QED) is 0.0836. The number of carbonyl (C=O) groups is 4. The van der Waals surface area contributed by atoms with Crippen LogP contribution in [0.25, 0.3) is 0 Å². The molecular formula is C25H30ClN8O7S2+. The summed E-state index contributed by atoms with van der Waals surface area (Å²) in [5.41, 5.74) is 6.46. The standard InChI is InChI=1S/C25H29ClN8O7S2/c1-12(23(37)38)41-31-16(15-19(26)43-25(27)30-15)20(35)29-17-21(36)34-18(24(39)40)13(11-42-22(17)34)10-33-7-4-14(5-8-33)32(3)9-6-28-2/h4-5,7-8,12,17,22,28H,6,9-11H2,1-3H3,(H4-,27,29,30,35,37,38,39,40)/p+1/b31-16-/t12-,17+,22+/m0/s1. The number of β-lactam (4-membered cyclic amide) rings is 1. The van der Waals surface area contributed by atoms with Crippen LogP contribution in [0, 0.1) is 0 Å². The smallest absolute Gasteiger partial charge is 0.352 e. The maximum atomic E-state index is 13.2. The molecule has 43 heavy (non-hydrogen) atoms. The third kappa shape index (κ3) is 7.01. The van der Waals surface area contributed by atoms with Crippen LogP contribution >= 0.6 is 34.7 Å². The van der Waals surface area contributed by atoms with Crippen molar-refractivity contribution in [2.45, 2.75) is 31.0 Å². The molecule has 15 nitrogen and oxygen atoms in total. The molecule has 230 valence electrons. The molecule has 0 aromatic carbocycles. The summed E-state index contributed by atoms with van der Waals surface area (Å²) < 4.78 is 1.84. The Balaban J connectivity index is 1.51. The highest BCUT2D eigenvalue weighted by molar-refractivity contribution is 8.00. The zero-order valence-corrected chi connectivity index (χ0v) is 25.7. The van der Waals surface area contributed by atoms with E-state index in [0.29, 0.717) is 11.3 Å². The number of fused-ring (bicyclic) bond motifs is 1. The SMILES string of the molecule is CNCCN(C)c1cc[n+](CC2=C(C(=O)O)N3C(=O)[C@@H](NC(=O)/C(=N\O[C@@H](C)C(=O)O)c4nc(N)sc4Cl)[C@H]3SC2)cc1. The van der Waals surface area contributed by atoms with Crippen LogP contribution in [-0.2, 0) is 30.6 Å². The molecular weight excluding hydrogens is 624 g/mol. The summed E-state index contributed by atoms with van der Waals surface area (Å²) in [7, 11) is 3.86. The number of likely N-dealkylation sites (N-methyl/N-ethyl adjacent to an activating group) is 2. The molecule has 6 N–H and O–H groups in total. The maximum absolute atomic E-state index is 13.2. The largest absolute Gasteiger partial charge is 0.478 e. The summed E-state index contributed by atoms with van der Waals surface area (Å²) in [6.45, 7) is 3.10. The first-order valence-electron chi connectivity index (χ1n) is 12.9. The minimum Gasteiger partial charge on any atom is -0.478 e. The number of amides is 2. The number of pyridine rings is 1. The number of nitrogens with two attached hydrogens (primary N) is 1. The van der Waals surface area contributed by atoms with Crippen molar-refractivity contribution in [3.05, 3.63) is 45.8 Å². The van der Waals surface area contributed by atoms with Crippen LogP contribution in [-0.4, -0.2) is 100 Å². The van der Waals surface area contributed by atoms with E-state index in [1.807, 2.05) is 43.2 Å². The Labute approximate surface area is 259 Å². The van der Waals surface area contributed by atoms with E-state index < -0.39 is 47.0 Å². The van der Waals surface area contributed by atoms with E-state index in [-0.39, 0.29) is 27.4 Å². The lowest BCUT2D eigenvalue weighted by molar-refractivity contribution is -0.689. The van der Waals surface area contributed by atoms with Gasteiger partial charge in [-0.15, -0.1) is 11.8 Å². The van der Waals surface area contributed by atoms with Gasteiger partial charge in [0.25, 0.3) is 11.8 Å². The van der Waals surface area contributed by atoms with E-state index in [1.54, 1.807) is 0 Å². The Kier molecular flexibility index (Phi) is 10.1. The summed E-state index contributed by atoms with van der Waals surface area (Å²) in [6, 6.07) is 2.76. The molecule has 2 aromatic heterocycles. The van der Waals surface area contributed by atoms with Gasteiger partial charge in [0.15, 0.2) is 29.8 Å². The van der Waals surface area contributed by atoms with Gasteiger partial charge in [0.1, 0.15) is 27.1 Å². The first-order chi connectivity index (χ1) is 20.4. The number of thioether (sulfide) groups is 1. The second kappa shape index (κ2) is 13.6. The molecule has 0 aliphatic carbocycles. The number of aromatic nitrogens is 2. The normalized spacial score (nSPS) is 18.9. The number of carboxylic acids is 2. The van der Waals surface area contributed by atoms with Gasteiger partial charge in [-0.1, -0.05) is 28.1 Å². The summed E-state index contributed by atoms with van der Waals surface area (Å²) in [5.74, 6) is -3.84. The predicted molar refractivity (Wildman–Crippen MR) is 160 cm³/mol. The molecule has 0 bridgehead atoms. The molecule has 0 unspecified atom stereocenters. The molecule has 4 heterocycles. The lowest BCUT2D eigenvalue weighted by atomic mass is 10.0. The van der Waals surface area contributed by atoms with Crippen LogP contribution in [0.15, 0.2) is 41.0 Å². The number of hydrogen-bond acceptors (Lipinski definition) is 12. The van der Waals surface area contributed by atoms with Crippen LogP contribution < -0.4 is 25.8 Å². The fourth-order valence-corrected chi connectivity index (χ4v) is 6.55. The van der Waals surface area contributed by atoms with Gasteiger partial charge >= 0.3 is 11.9 Å². The third-order valence-corrected chi connectivity index (χ3v) is 9.04. The van der Waals surface area contributed by atoms with Crippen LogP contribution in [0.2, 0.25) is 4.34 Å². The van der Waals surface area contributed by atoms with Crippen molar-refractivity contribution in [1.82, 2.24) is 20.5 Å². The Bertz CT molecular complexity index is 1480. The van der Waals surface area contributed by atoms with Gasteiger partial charge < -0.3 is 36.3 Å². The van der Waals surface area contributed by atoms with Crippen LogP contribution in [0.3, 0.4) is 0 Å². The Morgan fingerprint density at radius 2 is 2.05 bits per heavy atom. The van der Waals surface area contributed by atoms with Gasteiger partial charge in [-0.05, 0) is 14.0 Å². The Morgan fingerprint density at radius 1 is 1.35 bits per heavy atom. The van der Waals surface area contributed by atoms with Gasteiger partial charge in [-0.3, -0.25) is 14.5 Å². The topological polar surface area (TPSA) is 204 Å². The van der Waals surface area contributed by atoms with Crippen molar-refractivity contribution in [2.75, 3.05) is 43.6 Å². The van der Waals surface area contributed by atoms with E-state index in [4.69, 9.17) is 27.3 Å². The van der Waals surface area contributed by atoms with Crippen molar-refractivity contribution < 1.29 is 38.8 Å². The predicted octanol–water partition coefficient (Wildman–Crippen LogP) is -0.0456. The maximum Gasteiger partial charge on any atom is 0.352 e. The highest BCUT2D eigenvalue weighted by Crippen LogP contribution is 2.40. The van der Waals surface area contributed by atoms with E-state index in [2.05, 4.69) is 25.7 Å². The average molecular weight is 654 g/mol. The number of nitrogens with zero attached hydrogens (tertiary/aromatic N) is 5. The van der Waals surface area contributed by atoms with E-state index in [0.717, 1.165) is 35.0 Å². The number of halogens is 1. The molecule has 4 rings (SSSR count). The molecule has 1 fully saturated rings. The highest BCUT2D eigenvalue weighted by Gasteiger charge is 2.55. The van der Waals surface area contributed by atoms with E-state index >= 15 is 0 Å². The number of anilines is 2. The summed E-state index contributed by atoms with van der Waals surface area (Å²) in [4.78, 5) is 62.1. The molecule has 1 saturated heterocycles. The molecule has 0 saturated carbocycles. The molecule has 2 aromatic rings. The van der Waals surface area contributed by atoms with Gasteiger partial charge in [0, 0.05) is 49.3 Å². The third-order valence-electron chi connectivity index (χ3n) is 6.61. The lowest BCUT2D eigenvalue weighted by Gasteiger charge is -2.49.